The third-order valence-corrected chi connectivity index (χ3v) is 6.85. The molecule has 0 saturated heterocycles. The summed E-state index contributed by atoms with van der Waals surface area (Å²) in [6, 6.07) is 17.8. The molecule has 3 aromatic carbocycles. The minimum atomic E-state index is -0.899. The highest BCUT2D eigenvalue weighted by atomic mass is 16.4. The monoisotopic (exact) mass is 514 g/mol. The zero-order valence-corrected chi connectivity index (χ0v) is 23.1. The van der Waals surface area contributed by atoms with Gasteiger partial charge in [0.25, 0.3) is 0 Å². The Morgan fingerprint density at radius 3 is 2.24 bits per heavy atom. The molecule has 0 aromatic heterocycles. The van der Waals surface area contributed by atoms with Gasteiger partial charge in [-0.3, -0.25) is 14.6 Å². The van der Waals surface area contributed by atoms with Crippen molar-refractivity contribution in [2.75, 3.05) is 13.1 Å². The molecule has 1 aliphatic heterocycles. The van der Waals surface area contributed by atoms with Gasteiger partial charge in [-0.2, -0.15) is 0 Å². The molecule has 1 atom stereocenters. The van der Waals surface area contributed by atoms with E-state index in [0.29, 0.717) is 22.4 Å². The van der Waals surface area contributed by atoms with Crippen LogP contribution in [0.15, 0.2) is 65.7 Å². The van der Waals surface area contributed by atoms with Gasteiger partial charge in [-0.25, -0.2) is 0 Å². The van der Waals surface area contributed by atoms with Crippen LogP contribution in [0.25, 0.3) is 0 Å². The Bertz CT molecular complexity index is 1340. The van der Waals surface area contributed by atoms with E-state index in [1.54, 1.807) is 55.5 Å². The maximum atomic E-state index is 12.2. The van der Waals surface area contributed by atoms with Crippen molar-refractivity contribution in [1.82, 2.24) is 5.32 Å². The summed E-state index contributed by atoms with van der Waals surface area (Å²) in [5.41, 5.74) is 6.14. The van der Waals surface area contributed by atoms with Crippen LogP contribution in [-0.2, 0) is 16.6 Å². The highest BCUT2D eigenvalue weighted by Crippen LogP contribution is 2.36. The Morgan fingerprint density at radius 1 is 1.00 bits per heavy atom. The maximum absolute atomic E-state index is 12.2. The summed E-state index contributed by atoms with van der Waals surface area (Å²) in [6.45, 7) is 13.9. The van der Waals surface area contributed by atoms with Crippen molar-refractivity contribution < 1.29 is 19.8 Å². The van der Waals surface area contributed by atoms with Gasteiger partial charge in [0, 0.05) is 24.1 Å². The van der Waals surface area contributed by atoms with Crippen molar-refractivity contribution in [3.8, 4) is 5.75 Å². The molecule has 1 heterocycles. The van der Waals surface area contributed by atoms with Crippen LogP contribution in [0.5, 0.6) is 5.75 Å². The molecule has 3 aromatic rings. The zero-order valence-electron chi connectivity index (χ0n) is 23.1. The van der Waals surface area contributed by atoms with Gasteiger partial charge in [-0.1, -0.05) is 75.4 Å². The second-order valence-corrected chi connectivity index (χ2v) is 10.8. The molecule has 3 N–H and O–H groups in total. The summed E-state index contributed by atoms with van der Waals surface area (Å²) in [4.78, 5) is 27.6. The van der Waals surface area contributed by atoms with Crippen molar-refractivity contribution in [1.29, 1.82) is 0 Å². The van der Waals surface area contributed by atoms with Gasteiger partial charge >= 0.3 is 5.97 Å². The van der Waals surface area contributed by atoms with Crippen LogP contribution in [0.4, 0.5) is 0 Å². The Kier molecular flexibility index (Phi) is 9.10. The Balaban J connectivity index is 0.000000211. The lowest BCUT2D eigenvalue weighted by Crippen LogP contribution is -2.22. The summed E-state index contributed by atoms with van der Waals surface area (Å²) >= 11 is 0. The molecule has 6 nitrogen and oxygen atoms in total. The van der Waals surface area contributed by atoms with Crippen LogP contribution in [-0.4, -0.2) is 40.9 Å². The molecule has 0 saturated carbocycles. The topological polar surface area (TPSA) is 99.0 Å². The molecule has 0 aliphatic carbocycles. The number of carbonyl (C=O) groups is 2. The van der Waals surface area contributed by atoms with Gasteiger partial charge in [0.15, 0.2) is 5.78 Å². The first-order valence-electron chi connectivity index (χ1n) is 12.9. The molecular formula is C32H38N2O4. The lowest BCUT2D eigenvalue weighted by atomic mass is 9.82. The normalized spacial score (nSPS) is 13.6. The van der Waals surface area contributed by atoms with E-state index in [2.05, 4.69) is 44.1 Å². The molecule has 38 heavy (non-hydrogen) atoms. The average Bonchev–Trinajstić information content (AvgIpc) is 3.41. The summed E-state index contributed by atoms with van der Waals surface area (Å²) in [5, 5.41) is 22.7. The van der Waals surface area contributed by atoms with Crippen LogP contribution < -0.4 is 5.32 Å². The number of rotatable bonds is 6. The van der Waals surface area contributed by atoms with Crippen molar-refractivity contribution in [3.05, 3.63) is 99.6 Å². The van der Waals surface area contributed by atoms with Crippen molar-refractivity contribution >= 4 is 17.6 Å². The Hall–Kier alpha value is -3.93. The molecule has 0 spiro atoms. The van der Waals surface area contributed by atoms with Crippen LogP contribution in [0, 0.1) is 13.8 Å². The first-order chi connectivity index (χ1) is 17.9. The number of aryl methyl sites for hydroxylation is 1. The fourth-order valence-electron chi connectivity index (χ4n) is 4.44. The van der Waals surface area contributed by atoms with Crippen LogP contribution in [0.3, 0.4) is 0 Å². The van der Waals surface area contributed by atoms with E-state index in [1.807, 2.05) is 13.0 Å². The molecule has 6 heteroatoms. The number of nitrogens with zero attached hydrogens (tertiary/aromatic N) is 1. The molecule has 200 valence electrons. The number of carboxylic acid groups (broad SMARTS) is 1. The average molecular weight is 515 g/mol. The molecule has 0 radical (unpaired) electrons. The van der Waals surface area contributed by atoms with E-state index in [-0.39, 0.29) is 11.2 Å². The maximum Gasteiger partial charge on any atom is 0.310 e. The number of carboxylic acids is 1. The van der Waals surface area contributed by atoms with E-state index in [9.17, 15) is 14.7 Å². The molecule has 4 rings (SSSR count). The van der Waals surface area contributed by atoms with Crippen LogP contribution in [0.2, 0.25) is 0 Å². The molecule has 0 amide bonds. The van der Waals surface area contributed by atoms with Gasteiger partial charge in [0.1, 0.15) is 11.6 Å². The molecule has 1 aliphatic rings. The fourth-order valence-corrected chi connectivity index (χ4v) is 4.44. The van der Waals surface area contributed by atoms with Crippen molar-refractivity contribution in [3.63, 3.8) is 0 Å². The second-order valence-electron chi connectivity index (χ2n) is 10.8. The number of ketones is 1. The van der Waals surface area contributed by atoms with E-state index in [1.165, 1.54) is 11.1 Å². The van der Waals surface area contributed by atoms with E-state index >= 15 is 0 Å². The third-order valence-electron chi connectivity index (χ3n) is 6.85. The first kappa shape index (κ1) is 28.6. The Labute approximate surface area is 225 Å². The summed E-state index contributed by atoms with van der Waals surface area (Å²) < 4.78 is 0. The number of aliphatic carboxylic acids is 1. The lowest BCUT2D eigenvalue weighted by Gasteiger charge is -2.24. The predicted octanol–water partition coefficient (Wildman–Crippen LogP) is 5.96. The van der Waals surface area contributed by atoms with Gasteiger partial charge in [0.05, 0.1) is 12.5 Å². The molecule has 0 fully saturated rings. The molecule has 0 bridgehead atoms. The number of carbonyl (C=O) groups excluding carboxylic acids is 1. The smallest absolute Gasteiger partial charge is 0.310 e. The Morgan fingerprint density at radius 2 is 1.66 bits per heavy atom. The second kappa shape index (κ2) is 12.1. The third kappa shape index (κ3) is 6.88. The quantitative estimate of drug-likeness (QED) is 0.353. The van der Waals surface area contributed by atoms with Gasteiger partial charge in [0.2, 0.25) is 0 Å². The van der Waals surface area contributed by atoms with Crippen molar-refractivity contribution in [2.45, 2.75) is 59.3 Å². The number of phenolic OH excluding ortho intramolecular Hbond substituents is 1. The highest BCUT2D eigenvalue weighted by Gasteiger charge is 2.23. The number of aliphatic imine (C=N–C) groups is 1. The largest absolute Gasteiger partial charge is 0.507 e. The number of nitrogens with one attached hydrogen (secondary N) is 1. The SMILES string of the molecule is CC(C(=O)O)c1cccc(C(=O)c2ccccc2)c1.Cc1cc(C(C)(C)C)c(O)c(C)c1CC1=NCCN1. The van der Waals surface area contributed by atoms with Crippen molar-refractivity contribution in [2.24, 2.45) is 4.99 Å². The van der Waals surface area contributed by atoms with Gasteiger partial charge in [-0.15, -0.1) is 0 Å². The van der Waals surface area contributed by atoms with E-state index < -0.39 is 11.9 Å². The predicted molar refractivity (Wildman–Crippen MR) is 153 cm³/mol. The van der Waals surface area contributed by atoms with E-state index in [4.69, 9.17) is 5.11 Å². The summed E-state index contributed by atoms with van der Waals surface area (Å²) in [5.74, 6) is -0.145. The van der Waals surface area contributed by atoms with Gasteiger partial charge in [-0.05, 0) is 60.1 Å². The van der Waals surface area contributed by atoms with Crippen LogP contribution in [0.1, 0.15) is 77.4 Å². The number of hydrogen-bond acceptors (Lipinski definition) is 5. The molecule has 1 unspecified atom stereocenters. The zero-order chi connectivity index (χ0) is 28.0. The lowest BCUT2D eigenvalue weighted by molar-refractivity contribution is -0.138. The number of aromatic hydroxyl groups is 1. The minimum absolute atomic E-state index is 0.0404. The number of hydrogen-bond donors (Lipinski definition) is 3. The fraction of sp³-hybridized carbons (Fsp3) is 0.344. The van der Waals surface area contributed by atoms with Crippen LogP contribution >= 0.6 is 0 Å². The minimum Gasteiger partial charge on any atom is -0.507 e. The molecular weight excluding hydrogens is 476 g/mol. The van der Waals surface area contributed by atoms with Gasteiger partial charge < -0.3 is 15.5 Å². The highest BCUT2D eigenvalue weighted by molar-refractivity contribution is 6.09. The standard InChI is InChI=1S/C16H24N2O.C16H14O3/c1-10-8-13(16(3,4)5)15(19)11(2)12(10)9-14-17-6-7-18-14;1-11(16(18)19)13-8-5-9-14(10-13)15(17)12-6-3-2-4-7-12/h8,19H,6-7,9H2,1-5H3,(H,17,18);2-11H,1H3,(H,18,19). The number of phenols is 1. The number of amidine groups is 1. The first-order valence-corrected chi connectivity index (χ1v) is 12.9. The number of benzene rings is 3. The summed E-state index contributed by atoms with van der Waals surface area (Å²) in [7, 11) is 0. The summed E-state index contributed by atoms with van der Waals surface area (Å²) in [6.07, 6.45) is 0.787. The van der Waals surface area contributed by atoms with E-state index in [0.717, 1.165) is 36.5 Å².